The number of hydrogen-bond acceptors (Lipinski definition) is 10. The number of imidazole rings is 1. The van der Waals surface area contributed by atoms with Crippen LogP contribution in [0.15, 0.2) is 73.3 Å². The van der Waals surface area contributed by atoms with Crippen molar-refractivity contribution in [3.05, 3.63) is 84.4 Å². The zero-order chi connectivity index (χ0) is 39.2. The average molecular weight is 774 g/mol. The Labute approximate surface area is 324 Å². The van der Waals surface area contributed by atoms with Gasteiger partial charge in [-0.05, 0) is 109 Å². The first kappa shape index (κ1) is 40.5. The summed E-state index contributed by atoms with van der Waals surface area (Å²) in [5, 5.41) is 6.13. The molecule has 2 fully saturated rings. The lowest BCUT2D eigenvalue weighted by Crippen LogP contribution is -2.54. The molecular weight excluding hydrogens is 717 g/mol. The molecule has 2 aromatic carbocycles. The molecule has 4 N–H and O–H groups in total. The number of anilines is 1. The molecule has 0 aliphatic heterocycles. The molecule has 14 heteroatoms. The highest BCUT2D eigenvalue weighted by Crippen LogP contribution is 2.43. The minimum absolute atomic E-state index is 0.247. The summed E-state index contributed by atoms with van der Waals surface area (Å²) in [7, 11) is -3.87. The van der Waals surface area contributed by atoms with Crippen LogP contribution in [0.4, 0.5) is 5.82 Å². The Kier molecular flexibility index (Phi) is 12.8. The van der Waals surface area contributed by atoms with Crippen LogP contribution in [0.1, 0.15) is 109 Å². The molecule has 0 unspecified atom stereocenters. The van der Waals surface area contributed by atoms with Crippen LogP contribution in [0.5, 0.6) is 0 Å². The third-order valence-corrected chi connectivity index (χ3v) is 13.2. The van der Waals surface area contributed by atoms with Gasteiger partial charge in [-0.25, -0.2) is 25.1 Å². The lowest BCUT2D eigenvalue weighted by molar-refractivity contribution is -0.157. The molecule has 0 spiro atoms. The Morgan fingerprint density at radius 3 is 1.73 bits per heavy atom. The molecule has 55 heavy (non-hydrogen) atoms. The molecule has 0 radical (unpaired) electrons. The van der Waals surface area contributed by atoms with E-state index in [2.05, 4.69) is 73.7 Å². The summed E-state index contributed by atoms with van der Waals surface area (Å²) < 4.78 is 35.0. The number of carbonyl (C=O) groups is 2. The van der Waals surface area contributed by atoms with Gasteiger partial charge < -0.3 is 24.5 Å². The van der Waals surface area contributed by atoms with Crippen LogP contribution < -0.4 is 15.9 Å². The van der Waals surface area contributed by atoms with Crippen molar-refractivity contribution in [1.82, 2.24) is 29.7 Å². The van der Waals surface area contributed by atoms with Crippen molar-refractivity contribution in [3.63, 3.8) is 0 Å². The molecule has 2 aliphatic carbocycles. The SMILES string of the molecule is C[C@H](Cn1cnc2c(N)ncnc21)OCP(=O)(NC(C)(C)C(=O)OC1CCC(c2ccccc2)CC1)NC(C)(C)C(=O)OC1CCC(c2ccccc2)CC1. The fourth-order valence-electron chi connectivity index (χ4n) is 7.76. The van der Waals surface area contributed by atoms with Crippen LogP contribution in [-0.4, -0.2) is 67.2 Å². The molecule has 4 aromatic rings. The number of ether oxygens (including phenoxy) is 3. The number of fused-ring (bicyclic) bond motifs is 1. The second-order valence-corrected chi connectivity index (χ2v) is 18.4. The Balaban J connectivity index is 1.11. The molecule has 0 bridgehead atoms. The minimum Gasteiger partial charge on any atom is -0.461 e. The van der Waals surface area contributed by atoms with Gasteiger partial charge in [-0.2, -0.15) is 0 Å². The standard InChI is InChI=1S/C41H56N7O6P/c1-28(24-48-26-45-35-36(42)43-25-44-37(35)48)52-27-55(51,46-40(2,3)38(49)53-33-20-16-31(17-21-33)29-12-8-6-9-13-29)47-41(4,5)39(50)54-34-22-18-32(19-23-34)30-14-10-7-11-15-30/h6-15,25-26,28,31-34H,16-24,27H2,1-5H3,(H2,42,43,44)(H2,46,47,51)/t28-,31?,32?,33?,34?,55?/m1/s1. The third kappa shape index (κ3) is 10.4. The van der Waals surface area contributed by atoms with E-state index in [0.29, 0.717) is 29.5 Å². The Morgan fingerprint density at radius 2 is 1.25 bits per heavy atom. The van der Waals surface area contributed by atoms with Crippen molar-refractivity contribution < 1.29 is 28.4 Å². The van der Waals surface area contributed by atoms with Gasteiger partial charge in [0.25, 0.3) is 0 Å². The normalized spacial score (nSPS) is 22.4. The van der Waals surface area contributed by atoms with Gasteiger partial charge >= 0.3 is 11.9 Å². The van der Waals surface area contributed by atoms with Gasteiger partial charge in [0.2, 0.25) is 7.44 Å². The molecule has 0 saturated heterocycles. The number of aromatic nitrogens is 4. The van der Waals surface area contributed by atoms with Crippen molar-refractivity contribution in [2.45, 2.75) is 134 Å². The van der Waals surface area contributed by atoms with Crippen molar-refractivity contribution >= 4 is 36.4 Å². The number of nitrogens with zero attached hydrogens (tertiary/aromatic N) is 4. The van der Waals surface area contributed by atoms with E-state index in [1.54, 1.807) is 38.6 Å². The summed E-state index contributed by atoms with van der Waals surface area (Å²) in [6, 6.07) is 20.8. The van der Waals surface area contributed by atoms with Gasteiger partial charge in [0.05, 0.1) is 19.0 Å². The predicted octanol–water partition coefficient (Wildman–Crippen LogP) is 7.24. The first-order valence-corrected chi connectivity index (χ1v) is 21.3. The lowest BCUT2D eigenvalue weighted by atomic mass is 9.83. The molecule has 1 atom stereocenters. The molecule has 13 nitrogen and oxygen atoms in total. The number of nitrogen functional groups attached to an aromatic ring is 1. The van der Waals surface area contributed by atoms with Crippen molar-refractivity contribution in [2.75, 3.05) is 12.1 Å². The Bertz CT molecular complexity index is 1850. The number of rotatable bonds is 15. The molecule has 2 saturated carbocycles. The first-order valence-electron chi connectivity index (χ1n) is 19.4. The highest BCUT2D eigenvalue weighted by Gasteiger charge is 2.44. The zero-order valence-electron chi connectivity index (χ0n) is 32.6. The van der Waals surface area contributed by atoms with E-state index < -0.39 is 36.6 Å². The van der Waals surface area contributed by atoms with Crippen LogP contribution in [0, 0.1) is 0 Å². The van der Waals surface area contributed by atoms with E-state index in [0.717, 1.165) is 51.4 Å². The van der Waals surface area contributed by atoms with Gasteiger partial charge in [-0.3, -0.25) is 14.2 Å². The maximum absolute atomic E-state index is 15.0. The number of carbonyl (C=O) groups excluding carboxylic acids is 2. The predicted molar refractivity (Wildman–Crippen MR) is 212 cm³/mol. The first-order chi connectivity index (χ1) is 26.2. The summed E-state index contributed by atoms with van der Waals surface area (Å²) in [6.07, 6.45) is 8.28. The second kappa shape index (κ2) is 17.3. The van der Waals surface area contributed by atoms with Gasteiger partial charge in [0, 0.05) is 0 Å². The summed E-state index contributed by atoms with van der Waals surface area (Å²) in [4.78, 5) is 40.1. The van der Waals surface area contributed by atoms with Crippen LogP contribution in [0.2, 0.25) is 0 Å². The van der Waals surface area contributed by atoms with Gasteiger partial charge in [-0.1, -0.05) is 60.7 Å². The summed E-state index contributed by atoms with van der Waals surface area (Å²) in [5.74, 6) is 0.0764. The highest BCUT2D eigenvalue weighted by atomic mass is 31.2. The van der Waals surface area contributed by atoms with E-state index in [-0.39, 0.29) is 24.4 Å². The average Bonchev–Trinajstić information content (AvgIpc) is 3.58. The number of esters is 2. The number of benzene rings is 2. The quantitative estimate of drug-likeness (QED) is 0.0818. The number of nitrogens with one attached hydrogen (secondary N) is 2. The highest BCUT2D eigenvalue weighted by molar-refractivity contribution is 7.59. The smallest absolute Gasteiger partial charge is 0.326 e. The van der Waals surface area contributed by atoms with Gasteiger partial charge in [-0.15, -0.1) is 0 Å². The van der Waals surface area contributed by atoms with Crippen molar-refractivity contribution in [3.8, 4) is 0 Å². The monoisotopic (exact) mass is 773 g/mol. The van der Waals surface area contributed by atoms with E-state index in [4.69, 9.17) is 19.9 Å². The van der Waals surface area contributed by atoms with Crippen molar-refractivity contribution in [2.24, 2.45) is 0 Å². The molecule has 296 valence electrons. The summed E-state index contributed by atoms with van der Waals surface area (Å²) in [6.45, 7) is 8.71. The third-order valence-electron chi connectivity index (χ3n) is 10.8. The fourth-order valence-corrected chi connectivity index (χ4v) is 10.4. The fraction of sp³-hybridized carbons (Fsp3) is 0.537. The lowest BCUT2D eigenvalue weighted by Gasteiger charge is -2.37. The Hall–Kier alpha value is -4.16. The summed E-state index contributed by atoms with van der Waals surface area (Å²) >= 11 is 0. The maximum atomic E-state index is 15.0. The topological polar surface area (TPSA) is 173 Å². The van der Waals surface area contributed by atoms with E-state index in [9.17, 15) is 14.2 Å². The molecule has 0 amide bonds. The van der Waals surface area contributed by atoms with E-state index >= 15 is 0 Å². The van der Waals surface area contributed by atoms with Crippen LogP contribution in [-0.2, 0) is 34.9 Å². The molecule has 2 heterocycles. The summed E-state index contributed by atoms with van der Waals surface area (Å²) in [5.41, 5.74) is 6.82. The number of hydrogen-bond donors (Lipinski definition) is 3. The van der Waals surface area contributed by atoms with E-state index in [1.807, 2.05) is 19.1 Å². The second-order valence-electron chi connectivity index (χ2n) is 16.2. The van der Waals surface area contributed by atoms with Gasteiger partial charge in [0.15, 0.2) is 11.5 Å². The van der Waals surface area contributed by atoms with Crippen molar-refractivity contribution in [1.29, 1.82) is 0 Å². The zero-order valence-corrected chi connectivity index (χ0v) is 33.5. The molecule has 6 rings (SSSR count). The van der Waals surface area contributed by atoms with Crippen LogP contribution in [0.3, 0.4) is 0 Å². The molecular formula is C41H56N7O6P. The van der Waals surface area contributed by atoms with Gasteiger partial charge in [0.1, 0.15) is 41.5 Å². The minimum atomic E-state index is -3.87. The van der Waals surface area contributed by atoms with Crippen LogP contribution in [0.25, 0.3) is 11.2 Å². The largest absolute Gasteiger partial charge is 0.461 e. The molecule has 2 aliphatic rings. The molecule has 2 aromatic heterocycles. The number of nitrogens with two attached hydrogens (primary N) is 1. The van der Waals surface area contributed by atoms with E-state index in [1.165, 1.54) is 17.5 Å². The van der Waals surface area contributed by atoms with Crippen LogP contribution >= 0.6 is 7.44 Å². The Morgan fingerprint density at radius 1 is 0.782 bits per heavy atom. The maximum Gasteiger partial charge on any atom is 0.326 e.